The first-order chi connectivity index (χ1) is 8.68. The minimum atomic E-state index is -4.21. The van der Waals surface area contributed by atoms with Gasteiger partial charge in [-0.2, -0.15) is 13.2 Å². The molecule has 0 aromatic rings. The summed E-state index contributed by atoms with van der Waals surface area (Å²) in [5.74, 6) is 0. The molecule has 0 bridgehead atoms. The molecule has 0 fully saturated rings. The Morgan fingerprint density at radius 3 is 1.70 bits per heavy atom. The van der Waals surface area contributed by atoms with Crippen molar-refractivity contribution in [3.63, 3.8) is 0 Å². The van der Waals surface area contributed by atoms with Gasteiger partial charge in [-0.3, -0.25) is 0 Å². The van der Waals surface area contributed by atoms with Crippen LogP contribution in [0.25, 0.3) is 0 Å². The van der Waals surface area contributed by atoms with Crippen LogP contribution < -0.4 is 0 Å². The Hall–Kier alpha value is -0.290. The third kappa shape index (κ3) is 9.59. The molecule has 0 heterocycles. The molecule has 0 aliphatic carbocycles. The van der Waals surface area contributed by atoms with Gasteiger partial charge < -0.3 is 9.47 Å². The van der Waals surface area contributed by atoms with Crippen molar-refractivity contribution in [1.29, 1.82) is 0 Å². The van der Waals surface area contributed by atoms with Crippen LogP contribution in [-0.4, -0.2) is 29.6 Å². The lowest BCUT2D eigenvalue weighted by Gasteiger charge is -2.36. The summed E-state index contributed by atoms with van der Waals surface area (Å²) >= 11 is 0. The fraction of sp³-hybridized carbons (Fsp3) is 1.00. The third-order valence-electron chi connectivity index (χ3n) is 3.23. The standard InChI is InChI=1S/C15H29F3O2/c1-8-12(2,3)20-13(4,5)9-10-19-14(6,7)11-15(16,17)18/h8-11H2,1-7H3. The molecule has 0 atom stereocenters. The average Bonchev–Trinajstić information content (AvgIpc) is 2.10. The van der Waals surface area contributed by atoms with Gasteiger partial charge in [-0.15, -0.1) is 0 Å². The first kappa shape index (κ1) is 19.7. The highest BCUT2D eigenvalue weighted by Gasteiger charge is 2.37. The van der Waals surface area contributed by atoms with E-state index in [0.29, 0.717) is 6.42 Å². The molecule has 0 spiro atoms. The average molecular weight is 298 g/mol. The Kier molecular flexibility index (Phi) is 6.55. The fourth-order valence-corrected chi connectivity index (χ4v) is 1.98. The SMILES string of the molecule is CCC(C)(C)OC(C)(C)CCOC(C)(C)CC(F)(F)F. The van der Waals surface area contributed by atoms with E-state index in [-0.39, 0.29) is 12.2 Å². The molecule has 0 aromatic carbocycles. The van der Waals surface area contributed by atoms with E-state index in [1.165, 1.54) is 13.8 Å². The van der Waals surface area contributed by atoms with Crippen LogP contribution in [0.15, 0.2) is 0 Å². The second-order valence-corrected chi connectivity index (χ2v) is 7.13. The van der Waals surface area contributed by atoms with E-state index in [2.05, 4.69) is 0 Å². The monoisotopic (exact) mass is 298 g/mol. The van der Waals surface area contributed by atoms with Crippen molar-refractivity contribution in [2.45, 2.75) is 90.7 Å². The quantitative estimate of drug-likeness (QED) is 0.620. The van der Waals surface area contributed by atoms with Crippen LogP contribution >= 0.6 is 0 Å². The number of alkyl halides is 3. The van der Waals surface area contributed by atoms with E-state index in [4.69, 9.17) is 9.47 Å². The maximum Gasteiger partial charge on any atom is 0.391 e. The first-order valence-corrected chi connectivity index (χ1v) is 7.09. The maximum atomic E-state index is 12.4. The molecule has 0 aliphatic rings. The summed E-state index contributed by atoms with van der Waals surface area (Å²) in [6.45, 7) is 13.1. The van der Waals surface area contributed by atoms with Crippen LogP contribution in [0.4, 0.5) is 13.2 Å². The molecule has 0 saturated carbocycles. The zero-order valence-electron chi connectivity index (χ0n) is 13.8. The highest BCUT2D eigenvalue weighted by Crippen LogP contribution is 2.31. The molecule has 0 N–H and O–H groups in total. The zero-order chi connectivity index (χ0) is 16.2. The largest absolute Gasteiger partial charge is 0.391 e. The molecule has 0 rings (SSSR count). The van der Waals surface area contributed by atoms with Crippen molar-refractivity contribution in [3.8, 4) is 0 Å². The van der Waals surface area contributed by atoms with Gasteiger partial charge in [-0.1, -0.05) is 6.92 Å². The van der Waals surface area contributed by atoms with Crippen LogP contribution in [0.2, 0.25) is 0 Å². The third-order valence-corrected chi connectivity index (χ3v) is 3.23. The number of halogens is 3. The summed E-state index contributed by atoms with van der Waals surface area (Å²) in [6, 6.07) is 0. The molecule has 5 heteroatoms. The predicted molar refractivity (Wildman–Crippen MR) is 74.9 cm³/mol. The van der Waals surface area contributed by atoms with Crippen molar-refractivity contribution >= 4 is 0 Å². The minimum Gasteiger partial charge on any atom is -0.375 e. The zero-order valence-corrected chi connectivity index (χ0v) is 13.8. The van der Waals surface area contributed by atoms with Crippen LogP contribution in [0.1, 0.15) is 67.7 Å². The molecular formula is C15H29F3O2. The summed E-state index contributed by atoms with van der Waals surface area (Å²) < 4.78 is 48.5. The van der Waals surface area contributed by atoms with Crippen LogP contribution in [-0.2, 0) is 9.47 Å². The highest BCUT2D eigenvalue weighted by atomic mass is 19.4. The second kappa shape index (κ2) is 6.65. The molecule has 0 radical (unpaired) electrons. The first-order valence-electron chi connectivity index (χ1n) is 7.09. The van der Waals surface area contributed by atoms with Crippen molar-refractivity contribution in [3.05, 3.63) is 0 Å². The Morgan fingerprint density at radius 2 is 1.30 bits per heavy atom. The number of rotatable bonds is 8. The van der Waals surface area contributed by atoms with Gasteiger partial charge in [0.25, 0.3) is 0 Å². The molecule has 0 amide bonds. The molecular weight excluding hydrogens is 269 g/mol. The predicted octanol–water partition coefficient (Wildman–Crippen LogP) is 5.11. The lowest BCUT2D eigenvalue weighted by atomic mass is 10.00. The topological polar surface area (TPSA) is 18.5 Å². The Morgan fingerprint density at radius 1 is 0.800 bits per heavy atom. The summed E-state index contributed by atoms with van der Waals surface area (Å²) in [5.41, 5.74) is -1.87. The number of hydrogen-bond acceptors (Lipinski definition) is 2. The van der Waals surface area contributed by atoms with Gasteiger partial charge in [-0.25, -0.2) is 0 Å². The van der Waals surface area contributed by atoms with Crippen LogP contribution in [0.5, 0.6) is 0 Å². The van der Waals surface area contributed by atoms with Crippen molar-refractivity contribution in [2.24, 2.45) is 0 Å². The van der Waals surface area contributed by atoms with E-state index in [1.54, 1.807) is 0 Å². The Labute approximate surface area is 121 Å². The number of ether oxygens (including phenoxy) is 2. The molecule has 0 saturated heterocycles. The Balaban J connectivity index is 4.28. The summed E-state index contributed by atoms with van der Waals surface area (Å²) in [5, 5.41) is 0. The van der Waals surface area contributed by atoms with Gasteiger partial charge in [0, 0.05) is 0 Å². The number of hydrogen-bond donors (Lipinski definition) is 0. The smallest absolute Gasteiger partial charge is 0.375 e. The van der Waals surface area contributed by atoms with Gasteiger partial charge in [0.2, 0.25) is 0 Å². The van der Waals surface area contributed by atoms with E-state index in [9.17, 15) is 13.2 Å². The van der Waals surface area contributed by atoms with Gasteiger partial charge in [0.1, 0.15) is 0 Å². The van der Waals surface area contributed by atoms with Gasteiger partial charge in [0.15, 0.2) is 0 Å². The summed E-state index contributed by atoms with van der Waals surface area (Å²) in [6.07, 6.45) is -3.73. The lowest BCUT2D eigenvalue weighted by molar-refractivity contribution is -0.186. The summed E-state index contributed by atoms with van der Waals surface area (Å²) in [4.78, 5) is 0. The molecule has 0 aliphatic heterocycles. The second-order valence-electron chi connectivity index (χ2n) is 7.13. The van der Waals surface area contributed by atoms with E-state index < -0.39 is 23.8 Å². The molecule has 0 aromatic heterocycles. The molecule has 2 nitrogen and oxygen atoms in total. The normalized spacial score (nSPS) is 14.7. The van der Waals surface area contributed by atoms with E-state index in [1.807, 2.05) is 34.6 Å². The van der Waals surface area contributed by atoms with Crippen LogP contribution in [0.3, 0.4) is 0 Å². The molecule has 0 unspecified atom stereocenters. The van der Waals surface area contributed by atoms with E-state index >= 15 is 0 Å². The van der Waals surface area contributed by atoms with Crippen molar-refractivity contribution < 1.29 is 22.6 Å². The molecule has 20 heavy (non-hydrogen) atoms. The summed E-state index contributed by atoms with van der Waals surface area (Å²) in [7, 11) is 0. The molecule has 122 valence electrons. The van der Waals surface area contributed by atoms with Gasteiger partial charge in [-0.05, 0) is 54.4 Å². The highest BCUT2D eigenvalue weighted by molar-refractivity contribution is 4.78. The Bertz CT molecular complexity index is 294. The fourth-order valence-electron chi connectivity index (χ4n) is 1.98. The lowest BCUT2D eigenvalue weighted by Crippen LogP contribution is -2.39. The minimum absolute atomic E-state index is 0.245. The van der Waals surface area contributed by atoms with Crippen molar-refractivity contribution in [1.82, 2.24) is 0 Å². The van der Waals surface area contributed by atoms with Crippen LogP contribution in [0, 0.1) is 0 Å². The van der Waals surface area contributed by atoms with Crippen molar-refractivity contribution in [2.75, 3.05) is 6.61 Å². The maximum absolute atomic E-state index is 12.4. The van der Waals surface area contributed by atoms with E-state index in [0.717, 1.165) is 6.42 Å². The van der Waals surface area contributed by atoms with Gasteiger partial charge in [0.05, 0.1) is 29.8 Å². The van der Waals surface area contributed by atoms with Gasteiger partial charge >= 0.3 is 6.18 Å².